The van der Waals surface area contributed by atoms with Crippen LogP contribution in [0.15, 0.2) is 5.38 Å². The number of nitrogens with two attached hydrogens (primary N) is 2. The third kappa shape index (κ3) is 4.79. The molecule has 0 fully saturated rings. The number of carboxylic acids is 1. The van der Waals surface area contributed by atoms with E-state index >= 15 is 0 Å². The van der Waals surface area contributed by atoms with Crippen LogP contribution in [-0.2, 0) is 4.79 Å². The van der Waals surface area contributed by atoms with E-state index in [0.29, 0.717) is 18.0 Å². The molecule has 17 heavy (non-hydrogen) atoms. The Bertz CT molecular complexity index is 407. The van der Waals surface area contributed by atoms with E-state index in [1.54, 1.807) is 0 Å². The molecule has 0 bridgehead atoms. The van der Waals surface area contributed by atoms with Crippen molar-refractivity contribution in [3.8, 4) is 0 Å². The minimum absolute atomic E-state index is 0.0349. The Balaban J connectivity index is 2.33. The first-order valence-electron chi connectivity index (χ1n) is 4.98. The number of thiazole rings is 1. The quantitative estimate of drug-likeness (QED) is 0.531. The molecule has 0 saturated heterocycles. The summed E-state index contributed by atoms with van der Waals surface area (Å²) in [5.41, 5.74) is 11.2. The Morgan fingerprint density at radius 1 is 1.59 bits per heavy atom. The molecule has 94 valence electrons. The summed E-state index contributed by atoms with van der Waals surface area (Å²) in [6.45, 7) is 0. The molecular weight excluding hydrogens is 244 g/mol. The third-order valence-corrected chi connectivity index (χ3v) is 2.65. The SMILES string of the molecule is Nc1nc(C(=O)NC(N)CCCC(=O)O)cs1. The summed E-state index contributed by atoms with van der Waals surface area (Å²) in [6.07, 6.45) is 0.269. The fourth-order valence-corrected chi connectivity index (χ4v) is 1.72. The number of carbonyl (C=O) groups is 2. The van der Waals surface area contributed by atoms with E-state index in [9.17, 15) is 9.59 Å². The fourth-order valence-electron chi connectivity index (χ4n) is 1.18. The van der Waals surface area contributed by atoms with Crippen LogP contribution < -0.4 is 16.8 Å². The highest BCUT2D eigenvalue weighted by Gasteiger charge is 2.13. The van der Waals surface area contributed by atoms with Crippen LogP contribution in [0.4, 0.5) is 5.13 Å². The molecule has 0 aliphatic rings. The standard InChI is InChI=1S/C9H14N4O3S/c10-6(2-1-3-7(14)15)13-8(16)5-4-17-9(11)12-5/h4,6H,1-3,10H2,(H2,11,12)(H,13,16)(H,14,15). The lowest BCUT2D eigenvalue weighted by molar-refractivity contribution is -0.137. The van der Waals surface area contributed by atoms with Crippen molar-refractivity contribution in [2.45, 2.75) is 25.4 Å². The van der Waals surface area contributed by atoms with Crippen LogP contribution in [0.25, 0.3) is 0 Å². The van der Waals surface area contributed by atoms with Gasteiger partial charge in [-0.05, 0) is 12.8 Å². The first-order valence-corrected chi connectivity index (χ1v) is 5.86. The van der Waals surface area contributed by atoms with Gasteiger partial charge in [-0.15, -0.1) is 11.3 Å². The van der Waals surface area contributed by atoms with Gasteiger partial charge < -0.3 is 21.9 Å². The Hall–Kier alpha value is -1.67. The average molecular weight is 258 g/mol. The van der Waals surface area contributed by atoms with E-state index in [4.69, 9.17) is 16.6 Å². The summed E-state index contributed by atoms with van der Waals surface area (Å²) < 4.78 is 0. The van der Waals surface area contributed by atoms with E-state index in [1.807, 2.05) is 0 Å². The van der Waals surface area contributed by atoms with Gasteiger partial charge in [-0.2, -0.15) is 0 Å². The number of carboxylic acid groups (broad SMARTS) is 1. The second-order valence-electron chi connectivity index (χ2n) is 3.44. The molecule has 1 amide bonds. The maximum absolute atomic E-state index is 11.5. The molecule has 0 saturated carbocycles. The van der Waals surface area contributed by atoms with Crippen molar-refractivity contribution < 1.29 is 14.7 Å². The van der Waals surface area contributed by atoms with Crippen molar-refractivity contribution in [2.75, 3.05) is 5.73 Å². The van der Waals surface area contributed by atoms with Crippen LogP contribution in [0.2, 0.25) is 0 Å². The summed E-state index contributed by atoms with van der Waals surface area (Å²) in [5, 5.41) is 12.8. The average Bonchev–Trinajstić information content (AvgIpc) is 2.64. The Morgan fingerprint density at radius 2 is 2.29 bits per heavy atom. The number of aliphatic carboxylic acids is 1. The molecule has 0 aliphatic heterocycles. The predicted molar refractivity (Wildman–Crippen MR) is 63.5 cm³/mol. The van der Waals surface area contributed by atoms with Gasteiger partial charge >= 0.3 is 5.97 Å². The largest absolute Gasteiger partial charge is 0.481 e. The van der Waals surface area contributed by atoms with E-state index in [1.165, 1.54) is 16.7 Å². The van der Waals surface area contributed by atoms with Crippen molar-refractivity contribution in [1.29, 1.82) is 0 Å². The Kier molecular flexibility index (Phi) is 4.85. The molecule has 8 heteroatoms. The summed E-state index contributed by atoms with van der Waals surface area (Å²) in [7, 11) is 0. The summed E-state index contributed by atoms with van der Waals surface area (Å²) in [4.78, 5) is 25.6. The van der Waals surface area contributed by atoms with Gasteiger partial charge in [-0.1, -0.05) is 0 Å². The first-order chi connectivity index (χ1) is 7.99. The topological polar surface area (TPSA) is 131 Å². The zero-order valence-electron chi connectivity index (χ0n) is 9.05. The molecule has 1 atom stereocenters. The Labute approximate surface area is 102 Å². The number of nitrogen functional groups attached to an aromatic ring is 1. The number of hydrogen-bond acceptors (Lipinski definition) is 6. The summed E-state index contributed by atoms with van der Waals surface area (Å²) in [5.74, 6) is -1.28. The lowest BCUT2D eigenvalue weighted by atomic mass is 10.2. The molecule has 0 radical (unpaired) electrons. The lowest BCUT2D eigenvalue weighted by Crippen LogP contribution is -2.41. The van der Waals surface area contributed by atoms with E-state index in [-0.39, 0.29) is 12.1 Å². The molecule has 7 nitrogen and oxygen atoms in total. The monoisotopic (exact) mass is 258 g/mol. The molecule has 0 spiro atoms. The molecule has 1 heterocycles. The van der Waals surface area contributed by atoms with E-state index < -0.39 is 18.0 Å². The van der Waals surface area contributed by atoms with Gasteiger partial charge in [0.05, 0.1) is 6.17 Å². The van der Waals surface area contributed by atoms with Crippen LogP contribution in [0.1, 0.15) is 29.8 Å². The highest BCUT2D eigenvalue weighted by Crippen LogP contribution is 2.10. The third-order valence-electron chi connectivity index (χ3n) is 1.98. The first kappa shape index (κ1) is 13.4. The van der Waals surface area contributed by atoms with Crippen LogP contribution >= 0.6 is 11.3 Å². The highest BCUT2D eigenvalue weighted by atomic mass is 32.1. The van der Waals surface area contributed by atoms with Gasteiger partial charge in [0.25, 0.3) is 5.91 Å². The number of amides is 1. The molecule has 1 aromatic heterocycles. The van der Waals surface area contributed by atoms with Crippen LogP contribution in [0.5, 0.6) is 0 Å². The van der Waals surface area contributed by atoms with E-state index in [2.05, 4.69) is 10.3 Å². The molecule has 1 unspecified atom stereocenters. The van der Waals surface area contributed by atoms with Crippen LogP contribution in [0, 0.1) is 0 Å². The lowest BCUT2D eigenvalue weighted by Gasteiger charge is -2.11. The molecular formula is C9H14N4O3S. The van der Waals surface area contributed by atoms with Gasteiger partial charge in [0.2, 0.25) is 0 Å². The van der Waals surface area contributed by atoms with Gasteiger partial charge in [-0.25, -0.2) is 4.98 Å². The number of anilines is 1. The van der Waals surface area contributed by atoms with Gasteiger partial charge in [-0.3, -0.25) is 9.59 Å². The normalized spacial score (nSPS) is 12.1. The Morgan fingerprint density at radius 3 is 2.82 bits per heavy atom. The number of rotatable bonds is 6. The summed E-state index contributed by atoms with van der Waals surface area (Å²) in [6, 6.07) is 0. The van der Waals surface area contributed by atoms with Crippen molar-refractivity contribution >= 4 is 28.3 Å². The molecule has 6 N–H and O–H groups in total. The second-order valence-corrected chi connectivity index (χ2v) is 4.33. The number of aromatic nitrogens is 1. The predicted octanol–water partition coefficient (Wildman–Crippen LogP) is -0.00520. The fraction of sp³-hybridized carbons (Fsp3) is 0.444. The van der Waals surface area contributed by atoms with Crippen molar-refractivity contribution in [3.63, 3.8) is 0 Å². The van der Waals surface area contributed by atoms with Crippen LogP contribution in [-0.4, -0.2) is 28.1 Å². The van der Waals surface area contributed by atoms with Crippen molar-refractivity contribution in [3.05, 3.63) is 11.1 Å². The molecule has 0 aromatic carbocycles. The highest BCUT2D eigenvalue weighted by molar-refractivity contribution is 7.13. The number of nitrogens with one attached hydrogen (secondary N) is 1. The van der Waals surface area contributed by atoms with Gasteiger partial charge in [0, 0.05) is 11.8 Å². The van der Waals surface area contributed by atoms with E-state index in [0.717, 1.165) is 0 Å². The second kappa shape index (κ2) is 6.16. The number of nitrogens with zero attached hydrogens (tertiary/aromatic N) is 1. The smallest absolute Gasteiger partial charge is 0.303 e. The minimum atomic E-state index is -0.879. The molecule has 1 rings (SSSR count). The number of hydrogen-bond donors (Lipinski definition) is 4. The maximum atomic E-state index is 11.5. The zero-order valence-corrected chi connectivity index (χ0v) is 9.87. The van der Waals surface area contributed by atoms with Crippen LogP contribution in [0.3, 0.4) is 0 Å². The summed E-state index contributed by atoms with van der Waals surface area (Å²) >= 11 is 1.17. The van der Waals surface area contributed by atoms with Gasteiger partial charge in [0.1, 0.15) is 5.69 Å². The van der Waals surface area contributed by atoms with Crippen molar-refractivity contribution in [1.82, 2.24) is 10.3 Å². The maximum Gasteiger partial charge on any atom is 0.303 e. The van der Waals surface area contributed by atoms with Gasteiger partial charge in [0.15, 0.2) is 5.13 Å². The molecule has 1 aromatic rings. The minimum Gasteiger partial charge on any atom is -0.481 e. The van der Waals surface area contributed by atoms with Crippen molar-refractivity contribution in [2.24, 2.45) is 5.73 Å². The molecule has 0 aliphatic carbocycles. The number of carbonyl (C=O) groups excluding carboxylic acids is 1. The zero-order chi connectivity index (χ0) is 12.8.